The molecule has 0 aliphatic rings. The van der Waals surface area contributed by atoms with E-state index in [1.54, 1.807) is 0 Å². The Balaban J connectivity index is 0.00000256. The minimum Gasteiger partial charge on any atom is -0.409 e. The van der Waals surface area contributed by atoms with Crippen LogP contribution in [0.25, 0.3) is 0 Å². The Labute approximate surface area is 112 Å². The molecule has 0 aromatic heterocycles. The Bertz CT molecular complexity index is 313. The highest BCUT2D eigenvalue weighted by atomic mass is 35.5. The fourth-order valence-corrected chi connectivity index (χ4v) is 2.71. The number of hydrogen-bond acceptors (Lipinski definition) is 2. The summed E-state index contributed by atoms with van der Waals surface area (Å²) in [6.07, 6.45) is 0.974. The van der Waals surface area contributed by atoms with Crippen molar-refractivity contribution in [1.82, 2.24) is 0 Å². The van der Waals surface area contributed by atoms with Gasteiger partial charge in [-0.1, -0.05) is 37.3 Å². The van der Waals surface area contributed by atoms with E-state index in [1.165, 1.54) is 5.56 Å². The third kappa shape index (κ3) is 5.68. The second kappa shape index (κ2) is 7.16. The van der Waals surface area contributed by atoms with Crippen LogP contribution in [0.1, 0.15) is 25.0 Å². The smallest absolute Gasteiger partial charge is 0.184 e. The lowest BCUT2D eigenvalue weighted by Gasteiger charge is -2.30. The van der Waals surface area contributed by atoms with Crippen LogP contribution >= 0.6 is 12.4 Å². The molecule has 4 heteroatoms. The molecule has 0 saturated carbocycles. The molecule has 17 heavy (non-hydrogen) atoms. The summed E-state index contributed by atoms with van der Waals surface area (Å²) in [4.78, 5) is 0. The Morgan fingerprint density at radius 3 is 2.12 bits per heavy atom. The van der Waals surface area contributed by atoms with E-state index in [0.717, 1.165) is 6.42 Å². The first-order valence-electron chi connectivity index (χ1n) is 5.92. The van der Waals surface area contributed by atoms with Crippen LogP contribution in [0.2, 0.25) is 19.6 Å². The molecule has 1 aromatic carbocycles. The van der Waals surface area contributed by atoms with E-state index < -0.39 is 8.32 Å². The van der Waals surface area contributed by atoms with Crippen LogP contribution < -0.4 is 5.73 Å². The molecule has 2 unspecified atom stereocenters. The number of nitrogens with two attached hydrogens (primary N) is 1. The zero-order valence-corrected chi connectivity index (χ0v) is 13.0. The summed E-state index contributed by atoms with van der Waals surface area (Å²) in [5, 5.41) is 0. The van der Waals surface area contributed by atoms with Crippen LogP contribution in [-0.4, -0.2) is 14.4 Å². The largest absolute Gasteiger partial charge is 0.409 e. The molecule has 2 atom stereocenters. The van der Waals surface area contributed by atoms with Crippen molar-refractivity contribution in [3.05, 3.63) is 35.9 Å². The Hall–Kier alpha value is -0.353. The van der Waals surface area contributed by atoms with Crippen LogP contribution in [0.3, 0.4) is 0 Å². The van der Waals surface area contributed by atoms with Gasteiger partial charge < -0.3 is 10.2 Å². The van der Waals surface area contributed by atoms with Gasteiger partial charge in [-0.3, -0.25) is 0 Å². The standard InChI is InChI=1S/C13H23NOSi.ClH/c1-5-12(14)13(15-16(2,3)4)11-9-7-6-8-10-11;/h6-10,12-13H,5,14H2,1-4H3;1H. The molecule has 0 aliphatic heterocycles. The number of halogens is 1. The zero-order chi connectivity index (χ0) is 12.2. The van der Waals surface area contributed by atoms with Crippen LogP contribution in [0, 0.1) is 0 Å². The van der Waals surface area contributed by atoms with Crippen LogP contribution in [0.15, 0.2) is 30.3 Å². The highest BCUT2D eigenvalue weighted by molar-refractivity contribution is 6.69. The summed E-state index contributed by atoms with van der Waals surface area (Å²) in [5.74, 6) is 0. The molecule has 0 aliphatic carbocycles. The van der Waals surface area contributed by atoms with Gasteiger partial charge in [-0.25, -0.2) is 0 Å². The molecule has 1 rings (SSSR count). The summed E-state index contributed by atoms with van der Waals surface area (Å²) >= 11 is 0. The van der Waals surface area contributed by atoms with Crippen molar-refractivity contribution in [2.45, 2.75) is 45.1 Å². The first-order chi connectivity index (χ1) is 7.44. The van der Waals surface area contributed by atoms with Crippen molar-refractivity contribution in [2.75, 3.05) is 0 Å². The maximum absolute atomic E-state index is 6.19. The van der Waals surface area contributed by atoms with E-state index in [0.29, 0.717) is 0 Å². The first-order valence-corrected chi connectivity index (χ1v) is 9.33. The van der Waals surface area contributed by atoms with Crippen LogP contribution in [-0.2, 0) is 4.43 Å². The van der Waals surface area contributed by atoms with Crippen molar-refractivity contribution < 1.29 is 4.43 Å². The van der Waals surface area contributed by atoms with Gasteiger partial charge in [-0.05, 0) is 31.6 Å². The lowest BCUT2D eigenvalue weighted by atomic mass is 10.0. The van der Waals surface area contributed by atoms with Gasteiger partial charge in [0.15, 0.2) is 8.32 Å². The van der Waals surface area contributed by atoms with Gasteiger partial charge in [0, 0.05) is 6.04 Å². The molecule has 0 saturated heterocycles. The van der Waals surface area contributed by atoms with Gasteiger partial charge in [0.25, 0.3) is 0 Å². The second-order valence-electron chi connectivity index (χ2n) is 5.13. The normalized spacial score (nSPS) is 14.9. The molecule has 0 spiro atoms. The Kier molecular flexibility index (Phi) is 7.01. The van der Waals surface area contributed by atoms with Crippen molar-refractivity contribution in [3.63, 3.8) is 0 Å². The Morgan fingerprint density at radius 2 is 1.71 bits per heavy atom. The second-order valence-corrected chi connectivity index (χ2v) is 9.59. The molecule has 98 valence electrons. The molecule has 0 radical (unpaired) electrons. The van der Waals surface area contributed by atoms with E-state index in [-0.39, 0.29) is 24.6 Å². The van der Waals surface area contributed by atoms with Gasteiger partial charge in [-0.2, -0.15) is 0 Å². The lowest BCUT2D eigenvalue weighted by Crippen LogP contribution is -2.37. The zero-order valence-electron chi connectivity index (χ0n) is 11.1. The van der Waals surface area contributed by atoms with Crippen molar-refractivity contribution >= 4 is 20.7 Å². The average molecular weight is 274 g/mol. The summed E-state index contributed by atoms with van der Waals surface area (Å²) in [7, 11) is -1.56. The van der Waals surface area contributed by atoms with Crippen molar-refractivity contribution in [2.24, 2.45) is 5.73 Å². The van der Waals surface area contributed by atoms with Gasteiger partial charge in [0.05, 0.1) is 6.10 Å². The minimum atomic E-state index is -1.56. The van der Waals surface area contributed by atoms with Gasteiger partial charge in [-0.15, -0.1) is 12.4 Å². The van der Waals surface area contributed by atoms with Crippen molar-refractivity contribution in [1.29, 1.82) is 0 Å². The lowest BCUT2D eigenvalue weighted by molar-refractivity contribution is 0.163. The molecular formula is C13H24ClNOSi. The predicted octanol–water partition coefficient (Wildman–Crippen LogP) is 3.74. The predicted molar refractivity (Wildman–Crippen MR) is 79.1 cm³/mol. The molecule has 0 fully saturated rings. The maximum Gasteiger partial charge on any atom is 0.184 e. The minimum absolute atomic E-state index is 0. The van der Waals surface area contributed by atoms with E-state index >= 15 is 0 Å². The molecule has 1 aromatic rings. The van der Waals surface area contributed by atoms with E-state index in [4.69, 9.17) is 10.2 Å². The molecule has 0 amide bonds. The average Bonchev–Trinajstić information content (AvgIpc) is 2.25. The molecule has 0 heterocycles. The summed E-state index contributed by atoms with van der Waals surface area (Å²) in [5.41, 5.74) is 7.35. The van der Waals surface area contributed by atoms with E-state index in [1.807, 2.05) is 18.2 Å². The fourth-order valence-electron chi connectivity index (χ4n) is 1.64. The maximum atomic E-state index is 6.19. The number of benzene rings is 1. The first kappa shape index (κ1) is 16.6. The monoisotopic (exact) mass is 273 g/mol. The summed E-state index contributed by atoms with van der Waals surface area (Å²) in [6, 6.07) is 10.4. The quantitative estimate of drug-likeness (QED) is 0.830. The Morgan fingerprint density at radius 1 is 1.18 bits per heavy atom. The summed E-state index contributed by atoms with van der Waals surface area (Å²) < 4.78 is 6.19. The van der Waals surface area contributed by atoms with Crippen LogP contribution in [0.4, 0.5) is 0 Å². The van der Waals surface area contributed by atoms with E-state index in [2.05, 4.69) is 38.7 Å². The van der Waals surface area contributed by atoms with Crippen LogP contribution in [0.5, 0.6) is 0 Å². The highest BCUT2D eigenvalue weighted by Gasteiger charge is 2.26. The molecular weight excluding hydrogens is 250 g/mol. The topological polar surface area (TPSA) is 35.2 Å². The third-order valence-corrected chi connectivity index (χ3v) is 3.43. The highest BCUT2D eigenvalue weighted by Crippen LogP contribution is 2.25. The molecule has 0 bridgehead atoms. The van der Waals surface area contributed by atoms with Crippen molar-refractivity contribution in [3.8, 4) is 0 Å². The third-order valence-electron chi connectivity index (χ3n) is 2.47. The van der Waals surface area contributed by atoms with E-state index in [9.17, 15) is 0 Å². The van der Waals surface area contributed by atoms with Gasteiger partial charge in [0.1, 0.15) is 0 Å². The SMILES string of the molecule is CCC(N)C(O[Si](C)(C)C)c1ccccc1.Cl. The molecule has 2 N–H and O–H groups in total. The van der Waals surface area contributed by atoms with Gasteiger partial charge in [0.2, 0.25) is 0 Å². The number of hydrogen-bond donors (Lipinski definition) is 1. The van der Waals surface area contributed by atoms with Gasteiger partial charge >= 0.3 is 0 Å². The molecule has 2 nitrogen and oxygen atoms in total. The summed E-state index contributed by atoms with van der Waals surface area (Å²) in [6.45, 7) is 8.70. The number of rotatable bonds is 5. The fraction of sp³-hybridized carbons (Fsp3) is 0.538.